The molecule has 1 radical (unpaired) electrons. The average molecular weight is 194 g/mol. The fraction of sp³-hybridized carbons (Fsp3) is 0.444. The van der Waals surface area contributed by atoms with Crippen molar-refractivity contribution in [1.29, 1.82) is 0 Å². The zero-order valence-corrected chi connectivity index (χ0v) is 8.15. The number of imidazole rings is 1. The van der Waals surface area contributed by atoms with Crippen molar-refractivity contribution in [2.75, 3.05) is 0 Å². The highest BCUT2D eigenvalue weighted by molar-refractivity contribution is 5.89. The smallest absolute Gasteiger partial charge is 0.284 e. The van der Waals surface area contributed by atoms with Gasteiger partial charge in [0.1, 0.15) is 12.0 Å². The number of primary amides is 1. The van der Waals surface area contributed by atoms with E-state index in [1.165, 1.54) is 13.1 Å². The van der Waals surface area contributed by atoms with Crippen LogP contribution in [0.4, 0.5) is 0 Å². The van der Waals surface area contributed by atoms with Crippen LogP contribution in [-0.4, -0.2) is 21.2 Å². The predicted octanol–water partition coefficient (Wildman–Crippen LogP) is 0.322. The third kappa shape index (κ3) is 2.18. The second kappa shape index (κ2) is 4.04. The standard InChI is InChI=1S/C9H12N3O2/c1-6(5-7(2)13)12-4-3-11-9(12)8(10)14/h4,6H,5H2,1-2H3,(H2,10,14). The van der Waals surface area contributed by atoms with Gasteiger partial charge in [0.2, 0.25) is 0 Å². The summed E-state index contributed by atoms with van der Waals surface area (Å²) < 4.78 is 1.56. The molecule has 0 aliphatic rings. The number of Topliss-reactive ketones (excluding diaryl/α,β-unsaturated/α-hetero) is 1. The van der Waals surface area contributed by atoms with Gasteiger partial charge in [0.25, 0.3) is 5.91 Å². The van der Waals surface area contributed by atoms with E-state index in [2.05, 4.69) is 11.2 Å². The molecule has 1 unspecified atom stereocenters. The van der Waals surface area contributed by atoms with Crippen LogP contribution in [0.15, 0.2) is 6.20 Å². The van der Waals surface area contributed by atoms with E-state index in [0.29, 0.717) is 6.42 Å². The van der Waals surface area contributed by atoms with Crippen LogP contribution in [0.2, 0.25) is 0 Å². The zero-order valence-electron chi connectivity index (χ0n) is 8.15. The number of aromatic nitrogens is 2. The fourth-order valence-electron chi connectivity index (χ4n) is 1.30. The summed E-state index contributed by atoms with van der Waals surface area (Å²) in [7, 11) is 0. The lowest BCUT2D eigenvalue weighted by molar-refractivity contribution is -0.117. The highest BCUT2D eigenvalue weighted by atomic mass is 16.1. The Morgan fingerprint density at radius 2 is 2.36 bits per heavy atom. The molecule has 14 heavy (non-hydrogen) atoms. The van der Waals surface area contributed by atoms with E-state index in [-0.39, 0.29) is 17.6 Å². The van der Waals surface area contributed by atoms with Crippen molar-refractivity contribution in [3.63, 3.8) is 0 Å². The van der Waals surface area contributed by atoms with E-state index in [4.69, 9.17) is 5.73 Å². The molecule has 1 aromatic heterocycles. The molecule has 1 aromatic rings. The third-order valence-corrected chi connectivity index (χ3v) is 1.89. The Labute approximate surface area is 81.9 Å². The highest BCUT2D eigenvalue weighted by Crippen LogP contribution is 2.12. The molecule has 5 nitrogen and oxygen atoms in total. The fourth-order valence-corrected chi connectivity index (χ4v) is 1.30. The molecule has 0 aromatic carbocycles. The minimum atomic E-state index is -0.610. The lowest BCUT2D eigenvalue weighted by Gasteiger charge is -2.12. The number of hydrogen-bond acceptors (Lipinski definition) is 3. The van der Waals surface area contributed by atoms with Crippen LogP contribution < -0.4 is 5.73 Å². The van der Waals surface area contributed by atoms with Gasteiger partial charge >= 0.3 is 0 Å². The van der Waals surface area contributed by atoms with Gasteiger partial charge in [-0.15, -0.1) is 0 Å². The first kappa shape index (κ1) is 10.4. The summed E-state index contributed by atoms with van der Waals surface area (Å²) in [5.41, 5.74) is 5.10. The van der Waals surface area contributed by atoms with E-state index in [9.17, 15) is 9.59 Å². The average Bonchev–Trinajstić information content (AvgIpc) is 2.49. The largest absolute Gasteiger partial charge is 0.363 e. The Balaban J connectivity index is 2.89. The Bertz CT molecular complexity index is 357. The van der Waals surface area contributed by atoms with Gasteiger partial charge in [0, 0.05) is 18.7 Å². The van der Waals surface area contributed by atoms with Crippen LogP contribution in [0, 0.1) is 6.20 Å². The molecule has 0 saturated carbocycles. The minimum Gasteiger partial charge on any atom is -0.363 e. The van der Waals surface area contributed by atoms with Crippen molar-refractivity contribution in [1.82, 2.24) is 9.55 Å². The minimum absolute atomic E-state index is 0.0571. The van der Waals surface area contributed by atoms with Crippen molar-refractivity contribution in [2.24, 2.45) is 5.73 Å². The van der Waals surface area contributed by atoms with Crippen LogP contribution in [0.3, 0.4) is 0 Å². The first-order valence-electron chi connectivity index (χ1n) is 4.26. The van der Waals surface area contributed by atoms with Gasteiger partial charge in [-0.2, -0.15) is 0 Å². The molecule has 2 N–H and O–H groups in total. The van der Waals surface area contributed by atoms with Crippen LogP contribution in [0.5, 0.6) is 0 Å². The van der Waals surface area contributed by atoms with E-state index in [0.717, 1.165) is 0 Å². The quantitative estimate of drug-likeness (QED) is 0.749. The van der Waals surface area contributed by atoms with Crippen molar-refractivity contribution in [3.8, 4) is 0 Å². The summed E-state index contributed by atoms with van der Waals surface area (Å²) in [6.45, 7) is 3.32. The summed E-state index contributed by atoms with van der Waals surface area (Å²) in [4.78, 5) is 25.5. The maximum atomic E-state index is 10.9. The molecule has 1 atom stereocenters. The molecular formula is C9H12N3O2. The molecule has 1 amide bonds. The molecule has 1 rings (SSSR count). The Morgan fingerprint density at radius 3 is 2.86 bits per heavy atom. The van der Waals surface area contributed by atoms with E-state index >= 15 is 0 Å². The number of nitrogens with zero attached hydrogens (tertiary/aromatic N) is 2. The van der Waals surface area contributed by atoms with Gasteiger partial charge in [-0.1, -0.05) is 0 Å². The van der Waals surface area contributed by atoms with Gasteiger partial charge in [-0.05, 0) is 13.8 Å². The Morgan fingerprint density at radius 1 is 1.71 bits per heavy atom. The summed E-state index contributed by atoms with van der Waals surface area (Å²) in [6, 6.07) is -0.117. The van der Waals surface area contributed by atoms with Gasteiger partial charge in [0.15, 0.2) is 5.82 Å². The van der Waals surface area contributed by atoms with Gasteiger partial charge in [-0.25, -0.2) is 4.98 Å². The molecule has 0 aliphatic heterocycles. The lowest BCUT2D eigenvalue weighted by Crippen LogP contribution is -2.20. The van der Waals surface area contributed by atoms with Gasteiger partial charge in [-0.3, -0.25) is 9.59 Å². The second-order valence-corrected chi connectivity index (χ2v) is 3.22. The molecule has 1 heterocycles. The molecule has 0 saturated heterocycles. The van der Waals surface area contributed by atoms with Crippen LogP contribution in [-0.2, 0) is 4.79 Å². The van der Waals surface area contributed by atoms with Crippen molar-refractivity contribution in [3.05, 3.63) is 18.2 Å². The monoisotopic (exact) mass is 194 g/mol. The topological polar surface area (TPSA) is 78.0 Å². The number of nitrogens with two attached hydrogens (primary N) is 1. The molecule has 0 fully saturated rings. The molecular weight excluding hydrogens is 182 g/mol. The summed E-state index contributed by atoms with van der Waals surface area (Å²) in [6.07, 6.45) is 4.41. The second-order valence-electron chi connectivity index (χ2n) is 3.22. The number of carbonyl (C=O) groups is 2. The van der Waals surface area contributed by atoms with E-state index in [1.54, 1.807) is 4.57 Å². The Kier molecular flexibility index (Phi) is 3.01. The maximum Gasteiger partial charge on any atom is 0.284 e. The van der Waals surface area contributed by atoms with Crippen LogP contribution >= 0.6 is 0 Å². The normalized spacial score (nSPS) is 12.4. The Hall–Kier alpha value is -1.65. The van der Waals surface area contributed by atoms with Crippen LogP contribution in [0.1, 0.15) is 36.9 Å². The highest BCUT2D eigenvalue weighted by Gasteiger charge is 2.15. The van der Waals surface area contributed by atoms with Crippen molar-refractivity contribution in [2.45, 2.75) is 26.3 Å². The molecule has 0 bridgehead atoms. The number of hydrogen-bond donors (Lipinski definition) is 1. The zero-order chi connectivity index (χ0) is 10.7. The molecule has 0 aliphatic carbocycles. The number of amides is 1. The van der Waals surface area contributed by atoms with E-state index in [1.807, 2.05) is 6.92 Å². The number of carbonyl (C=O) groups excluding carboxylic acids is 2. The molecule has 75 valence electrons. The number of rotatable bonds is 4. The molecule has 0 spiro atoms. The van der Waals surface area contributed by atoms with Gasteiger partial charge < -0.3 is 10.3 Å². The van der Waals surface area contributed by atoms with Crippen molar-refractivity contribution < 1.29 is 9.59 Å². The lowest BCUT2D eigenvalue weighted by atomic mass is 10.2. The SMILES string of the molecule is CC(=O)CC(C)n1c[c]nc1C(N)=O. The van der Waals surface area contributed by atoms with Crippen LogP contribution in [0.25, 0.3) is 0 Å². The first-order chi connectivity index (χ1) is 6.52. The predicted molar refractivity (Wildman–Crippen MR) is 49.6 cm³/mol. The van der Waals surface area contributed by atoms with Crippen molar-refractivity contribution >= 4 is 11.7 Å². The van der Waals surface area contributed by atoms with Gasteiger partial charge in [0.05, 0.1) is 0 Å². The number of ketones is 1. The summed E-state index contributed by atoms with van der Waals surface area (Å²) in [5.74, 6) is -0.415. The molecule has 5 heteroatoms. The summed E-state index contributed by atoms with van der Waals surface area (Å²) >= 11 is 0. The third-order valence-electron chi connectivity index (χ3n) is 1.89. The van der Waals surface area contributed by atoms with E-state index < -0.39 is 5.91 Å². The maximum absolute atomic E-state index is 10.9. The first-order valence-corrected chi connectivity index (χ1v) is 4.26. The summed E-state index contributed by atoms with van der Waals surface area (Å²) in [5, 5.41) is 0.